The van der Waals surface area contributed by atoms with E-state index < -0.39 is 5.60 Å². The molecule has 1 amide bonds. The normalized spacial score (nSPS) is 24.8. The maximum Gasteiger partial charge on any atom is 0.409 e. The molecule has 2 aromatic rings. The van der Waals surface area contributed by atoms with Crippen LogP contribution in [0, 0.1) is 12.8 Å². The average molecular weight is 465 g/mol. The number of amides is 1. The van der Waals surface area contributed by atoms with E-state index >= 15 is 0 Å². The van der Waals surface area contributed by atoms with Crippen molar-refractivity contribution in [3.8, 4) is 11.4 Å². The summed E-state index contributed by atoms with van der Waals surface area (Å²) in [5.41, 5.74) is 4.27. The lowest BCUT2D eigenvalue weighted by molar-refractivity contribution is -0.0149. The van der Waals surface area contributed by atoms with Crippen molar-refractivity contribution < 1.29 is 14.3 Å². The lowest BCUT2D eigenvalue weighted by Crippen LogP contribution is -2.50. The van der Waals surface area contributed by atoms with Gasteiger partial charge in [0.15, 0.2) is 5.60 Å². The zero-order valence-electron chi connectivity index (χ0n) is 20.6. The molecule has 3 fully saturated rings. The number of aromatic nitrogens is 2. The van der Waals surface area contributed by atoms with Crippen molar-refractivity contribution >= 4 is 6.09 Å². The topological polar surface area (TPSA) is 68.6 Å². The Morgan fingerprint density at radius 3 is 2.71 bits per heavy atom. The first-order valence-electron chi connectivity index (χ1n) is 12.9. The highest BCUT2D eigenvalue weighted by Gasteiger charge is 2.48. The fourth-order valence-electron chi connectivity index (χ4n) is 6.15. The summed E-state index contributed by atoms with van der Waals surface area (Å²) < 4.78 is 14.5. The molecule has 4 aliphatic rings. The Hall–Kier alpha value is -2.54. The maximum atomic E-state index is 12.6. The molecule has 2 saturated heterocycles. The van der Waals surface area contributed by atoms with Gasteiger partial charge in [-0.25, -0.2) is 9.48 Å². The molecular weight excluding hydrogens is 428 g/mol. The van der Waals surface area contributed by atoms with Gasteiger partial charge in [0.25, 0.3) is 0 Å². The molecule has 6 rings (SSSR count). The number of para-hydroxylation sites is 2. The number of hydrogen-bond acceptors (Lipinski definition) is 5. The lowest BCUT2D eigenvalue weighted by Gasteiger charge is -2.44. The van der Waals surface area contributed by atoms with Gasteiger partial charge in [-0.2, -0.15) is 5.10 Å². The molecule has 1 unspecified atom stereocenters. The van der Waals surface area contributed by atoms with Crippen LogP contribution in [0.4, 0.5) is 4.79 Å². The molecule has 1 aromatic heterocycles. The predicted molar refractivity (Wildman–Crippen MR) is 130 cm³/mol. The Bertz CT molecular complexity index is 1100. The van der Waals surface area contributed by atoms with Crippen LogP contribution in [0.3, 0.4) is 0 Å². The Kier molecular flexibility index (Phi) is 5.17. The fraction of sp³-hybridized carbons (Fsp3) is 0.630. The summed E-state index contributed by atoms with van der Waals surface area (Å²) in [6, 6.07) is 8.21. The first-order chi connectivity index (χ1) is 16.4. The van der Waals surface area contributed by atoms with Crippen LogP contribution in [-0.4, -0.2) is 52.6 Å². The van der Waals surface area contributed by atoms with Crippen LogP contribution in [0.5, 0.6) is 5.75 Å². The Balaban J connectivity index is 1.32. The summed E-state index contributed by atoms with van der Waals surface area (Å²) in [6.07, 6.45) is 5.83. The minimum absolute atomic E-state index is 0.109. The third-order valence-electron chi connectivity index (χ3n) is 8.20. The van der Waals surface area contributed by atoms with Gasteiger partial charge in [0.05, 0.1) is 18.0 Å². The number of benzene rings is 1. The third kappa shape index (κ3) is 3.78. The van der Waals surface area contributed by atoms with E-state index in [1.807, 2.05) is 23.1 Å². The highest BCUT2D eigenvalue weighted by atomic mass is 16.6. The second-order valence-corrected chi connectivity index (χ2v) is 11.3. The number of ether oxygens (including phenoxy) is 2. The largest absolute Gasteiger partial charge is 0.479 e. The van der Waals surface area contributed by atoms with Gasteiger partial charge >= 0.3 is 6.09 Å². The number of carbonyl (C=O) groups excluding carboxylic acids is 1. The number of fused-ring (bicyclic) bond motifs is 4. The molecule has 1 atom stereocenters. The summed E-state index contributed by atoms with van der Waals surface area (Å²) in [5, 5.41) is 8.88. The Morgan fingerprint density at radius 2 is 1.97 bits per heavy atom. The van der Waals surface area contributed by atoms with Crippen molar-refractivity contribution in [2.24, 2.45) is 5.92 Å². The fourth-order valence-corrected chi connectivity index (χ4v) is 6.15. The minimum atomic E-state index is -0.473. The molecule has 7 heteroatoms. The van der Waals surface area contributed by atoms with Crippen molar-refractivity contribution in [3.63, 3.8) is 0 Å². The van der Waals surface area contributed by atoms with Crippen molar-refractivity contribution in [2.75, 3.05) is 26.2 Å². The number of carbonyl (C=O) groups is 1. The monoisotopic (exact) mass is 464 g/mol. The smallest absolute Gasteiger partial charge is 0.409 e. The molecule has 1 spiro atoms. The van der Waals surface area contributed by atoms with Crippen molar-refractivity contribution in [2.45, 2.75) is 76.4 Å². The van der Waals surface area contributed by atoms with Crippen molar-refractivity contribution in [1.29, 1.82) is 0 Å². The molecule has 1 aliphatic carbocycles. The molecule has 1 N–H and O–H groups in total. The summed E-state index contributed by atoms with van der Waals surface area (Å²) in [7, 11) is 0. The van der Waals surface area contributed by atoms with E-state index in [2.05, 4.69) is 36.8 Å². The molecule has 182 valence electrons. The van der Waals surface area contributed by atoms with Crippen LogP contribution in [0.1, 0.15) is 75.2 Å². The standard InChI is InChI=1S/C27H36N4O3/c1-18-23(20-10-13-28-26(2,3)16-20)29-31-21-6-4-5-7-22(21)34-27(24(18)31)11-14-30(15-12-27)25(32)33-17-19-8-9-19/h4-7,19-20,28H,8-17H2,1-3H3. The number of piperidine rings is 2. The van der Waals surface area contributed by atoms with Crippen molar-refractivity contribution in [3.05, 3.63) is 41.2 Å². The molecule has 34 heavy (non-hydrogen) atoms. The summed E-state index contributed by atoms with van der Waals surface area (Å²) in [5.74, 6) is 1.88. The van der Waals surface area contributed by atoms with Crippen LogP contribution in [-0.2, 0) is 10.3 Å². The van der Waals surface area contributed by atoms with Crippen LogP contribution in [0.15, 0.2) is 24.3 Å². The van der Waals surface area contributed by atoms with Gasteiger partial charge in [0.1, 0.15) is 11.4 Å². The van der Waals surface area contributed by atoms with E-state index in [1.165, 1.54) is 29.8 Å². The highest BCUT2D eigenvalue weighted by Crippen LogP contribution is 2.48. The van der Waals surface area contributed by atoms with Crippen LogP contribution >= 0.6 is 0 Å². The predicted octanol–water partition coefficient (Wildman–Crippen LogP) is 4.66. The second-order valence-electron chi connectivity index (χ2n) is 11.3. The zero-order valence-corrected chi connectivity index (χ0v) is 20.6. The van der Waals surface area contributed by atoms with E-state index in [-0.39, 0.29) is 11.6 Å². The van der Waals surface area contributed by atoms with E-state index in [1.54, 1.807) is 0 Å². The van der Waals surface area contributed by atoms with E-state index in [9.17, 15) is 4.79 Å². The van der Waals surface area contributed by atoms with Gasteiger partial charge in [-0.05, 0) is 76.6 Å². The van der Waals surface area contributed by atoms with Gasteiger partial charge < -0.3 is 19.7 Å². The maximum absolute atomic E-state index is 12.6. The lowest BCUT2D eigenvalue weighted by atomic mass is 9.79. The third-order valence-corrected chi connectivity index (χ3v) is 8.20. The Morgan fingerprint density at radius 1 is 1.21 bits per heavy atom. The molecule has 3 aliphatic heterocycles. The average Bonchev–Trinajstić information content (AvgIpc) is 3.58. The van der Waals surface area contributed by atoms with Gasteiger partial charge in [-0.3, -0.25) is 0 Å². The minimum Gasteiger partial charge on any atom is -0.479 e. The number of nitrogens with zero attached hydrogens (tertiary/aromatic N) is 3. The molecular formula is C27H36N4O3. The van der Waals surface area contributed by atoms with Crippen LogP contribution in [0.2, 0.25) is 0 Å². The second kappa shape index (κ2) is 8.01. The molecule has 1 aromatic carbocycles. The van der Waals surface area contributed by atoms with Gasteiger partial charge in [0.2, 0.25) is 0 Å². The van der Waals surface area contributed by atoms with Crippen LogP contribution < -0.4 is 10.1 Å². The number of likely N-dealkylation sites (tertiary alicyclic amines) is 1. The summed E-state index contributed by atoms with van der Waals surface area (Å²) in [4.78, 5) is 14.5. The first-order valence-corrected chi connectivity index (χ1v) is 12.9. The van der Waals surface area contributed by atoms with Crippen molar-refractivity contribution in [1.82, 2.24) is 20.0 Å². The van der Waals surface area contributed by atoms with E-state index in [4.69, 9.17) is 14.6 Å². The molecule has 0 radical (unpaired) electrons. The van der Waals surface area contributed by atoms with Gasteiger partial charge in [0, 0.05) is 37.4 Å². The first kappa shape index (κ1) is 22.0. The zero-order chi connectivity index (χ0) is 23.5. The quantitative estimate of drug-likeness (QED) is 0.716. The number of rotatable bonds is 3. The molecule has 1 saturated carbocycles. The summed E-state index contributed by atoms with van der Waals surface area (Å²) >= 11 is 0. The number of hydrogen-bond donors (Lipinski definition) is 1. The van der Waals surface area contributed by atoms with Crippen LogP contribution in [0.25, 0.3) is 5.69 Å². The molecule has 4 heterocycles. The van der Waals surface area contributed by atoms with E-state index in [0.717, 1.165) is 43.7 Å². The van der Waals surface area contributed by atoms with Gasteiger partial charge in [-0.1, -0.05) is 12.1 Å². The molecule has 7 nitrogen and oxygen atoms in total. The Labute approximate surface area is 201 Å². The summed E-state index contributed by atoms with van der Waals surface area (Å²) in [6.45, 7) is 9.61. The number of nitrogens with one attached hydrogen (secondary N) is 1. The van der Waals surface area contributed by atoms with Gasteiger partial charge in [-0.15, -0.1) is 0 Å². The molecule has 0 bridgehead atoms. The highest BCUT2D eigenvalue weighted by molar-refractivity contribution is 5.68. The van der Waals surface area contributed by atoms with E-state index in [0.29, 0.717) is 31.5 Å². The SMILES string of the molecule is Cc1c(C2CCNC(C)(C)C2)nn2c1C1(CCN(C(=O)OCC3CC3)CC1)Oc1ccccc1-2.